The van der Waals surface area contributed by atoms with Gasteiger partial charge in [-0.2, -0.15) is 0 Å². The molecule has 2 atom stereocenters. The van der Waals surface area contributed by atoms with Crippen molar-refractivity contribution in [3.63, 3.8) is 0 Å². The zero-order valence-corrected chi connectivity index (χ0v) is 12.6. The molecule has 0 saturated carbocycles. The molecule has 3 rings (SSSR count). The Labute approximate surface area is 129 Å². The lowest BCUT2D eigenvalue weighted by Crippen LogP contribution is -2.43. The Morgan fingerprint density at radius 1 is 1.38 bits per heavy atom. The van der Waals surface area contributed by atoms with Gasteiger partial charge < -0.3 is 24.8 Å². The van der Waals surface area contributed by atoms with E-state index in [1.165, 1.54) is 4.90 Å². The number of halogens is 1. The van der Waals surface area contributed by atoms with E-state index in [2.05, 4.69) is 0 Å². The number of hydrogen-bond acceptors (Lipinski definition) is 5. The van der Waals surface area contributed by atoms with E-state index < -0.39 is 6.04 Å². The van der Waals surface area contributed by atoms with Crippen LogP contribution in [0.15, 0.2) is 18.2 Å². The van der Waals surface area contributed by atoms with E-state index in [4.69, 9.17) is 19.9 Å². The van der Waals surface area contributed by atoms with Crippen LogP contribution in [-0.4, -0.2) is 44.9 Å². The minimum atomic E-state index is -0.639. The molecule has 21 heavy (non-hydrogen) atoms. The number of nitrogens with zero attached hydrogens (tertiary/aromatic N) is 1. The molecule has 0 spiro atoms. The molecule has 2 aliphatic heterocycles. The highest BCUT2D eigenvalue weighted by molar-refractivity contribution is 5.98. The van der Waals surface area contributed by atoms with Gasteiger partial charge in [0.15, 0.2) is 0 Å². The van der Waals surface area contributed by atoms with Crippen LogP contribution in [0, 0.1) is 0 Å². The number of fused-ring (bicyclic) bond motifs is 1. The standard InChI is InChI=1S/C14H18N2O4.ClH/c1-16-12-6-9(20-10-4-5-18-7-10)2-3-13(12)19-8-11(15)14(16)17;/h2-3,6,10-11H,4-5,7-8,15H2,1H3;1H/t10-,11+;/m1./s1. The molecule has 1 fully saturated rings. The van der Waals surface area contributed by atoms with Gasteiger partial charge in [0.25, 0.3) is 0 Å². The van der Waals surface area contributed by atoms with E-state index in [1.807, 2.05) is 18.2 Å². The number of rotatable bonds is 2. The molecule has 1 amide bonds. The van der Waals surface area contributed by atoms with Crippen molar-refractivity contribution < 1.29 is 19.0 Å². The summed E-state index contributed by atoms with van der Waals surface area (Å²) in [5, 5.41) is 0. The van der Waals surface area contributed by atoms with Gasteiger partial charge in [0, 0.05) is 19.5 Å². The number of carbonyl (C=O) groups excluding carboxylic acids is 1. The number of nitrogens with two attached hydrogens (primary N) is 1. The zero-order valence-electron chi connectivity index (χ0n) is 11.8. The van der Waals surface area contributed by atoms with Gasteiger partial charge in [-0.1, -0.05) is 0 Å². The van der Waals surface area contributed by atoms with Crippen molar-refractivity contribution in [2.45, 2.75) is 18.6 Å². The quantitative estimate of drug-likeness (QED) is 0.880. The van der Waals surface area contributed by atoms with E-state index in [0.29, 0.717) is 23.8 Å². The number of ether oxygens (including phenoxy) is 3. The molecular weight excluding hydrogens is 296 g/mol. The Balaban J connectivity index is 0.00000161. The van der Waals surface area contributed by atoms with Gasteiger partial charge in [0.05, 0.1) is 18.9 Å². The molecule has 7 heteroatoms. The topological polar surface area (TPSA) is 74.0 Å². The van der Waals surface area contributed by atoms with Crippen molar-refractivity contribution in [1.29, 1.82) is 0 Å². The lowest BCUT2D eigenvalue weighted by Gasteiger charge is -2.19. The molecule has 0 unspecified atom stereocenters. The Morgan fingerprint density at radius 3 is 2.90 bits per heavy atom. The van der Waals surface area contributed by atoms with E-state index in [9.17, 15) is 4.79 Å². The second-order valence-electron chi connectivity index (χ2n) is 5.05. The first-order chi connectivity index (χ1) is 9.65. The summed E-state index contributed by atoms with van der Waals surface area (Å²) >= 11 is 0. The maximum absolute atomic E-state index is 12.0. The third-order valence-corrected chi connectivity index (χ3v) is 3.55. The molecule has 0 radical (unpaired) electrons. The average molecular weight is 315 g/mol. The van der Waals surface area contributed by atoms with E-state index in [1.54, 1.807) is 7.05 Å². The first-order valence-corrected chi connectivity index (χ1v) is 6.69. The van der Waals surface area contributed by atoms with Gasteiger partial charge in [-0.3, -0.25) is 4.79 Å². The van der Waals surface area contributed by atoms with Crippen LogP contribution in [-0.2, 0) is 9.53 Å². The van der Waals surface area contributed by atoms with Crippen molar-refractivity contribution in [2.75, 3.05) is 31.8 Å². The van der Waals surface area contributed by atoms with Gasteiger partial charge in [-0.05, 0) is 12.1 Å². The smallest absolute Gasteiger partial charge is 0.247 e. The van der Waals surface area contributed by atoms with E-state index >= 15 is 0 Å². The molecule has 0 aromatic heterocycles. The van der Waals surface area contributed by atoms with Gasteiger partial charge in [0.1, 0.15) is 30.3 Å². The Kier molecular flexibility index (Phi) is 4.92. The molecule has 2 N–H and O–H groups in total. The van der Waals surface area contributed by atoms with Crippen molar-refractivity contribution in [2.24, 2.45) is 5.73 Å². The minimum absolute atomic E-state index is 0. The summed E-state index contributed by atoms with van der Waals surface area (Å²) in [5.41, 5.74) is 6.43. The number of hydrogen-bond donors (Lipinski definition) is 1. The predicted octanol–water partition coefficient (Wildman–Crippen LogP) is 0.959. The normalized spacial score (nSPS) is 24.7. The first-order valence-electron chi connectivity index (χ1n) is 6.69. The minimum Gasteiger partial charge on any atom is -0.489 e. The van der Waals surface area contributed by atoms with Gasteiger partial charge in [-0.15, -0.1) is 12.4 Å². The number of amides is 1. The molecule has 1 aromatic carbocycles. The van der Waals surface area contributed by atoms with Crippen LogP contribution in [0.4, 0.5) is 5.69 Å². The maximum atomic E-state index is 12.0. The van der Waals surface area contributed by atoms with Crippen LogP contribution in [0.1, 0.15) is 6.42 Å². The summed E-state index contributed by atoms with van der Waals surface area (Å²) < 4.78 is 16.7. The molecular formula is C14H19ClN2O4. The number of likely N-dealkylation sites (N-methyl/N-ethyl adjacent to an activating group) is 1. The number of benzene rings is 1. The Hall–Kier alpha value is -1.50. The lowest BCUT2D eigenvalue weighted by atomic mass is 10.2. The summed E-state index contributed by atoms with van der Waals surface area (Å²) in [6.45, 7) is 1.52. The summed E-state index contributed by atoms with van der Waals surface area (Å²) in [4.78, 5) is 13.5. The molecule has 1 saturated heterocycles. The van der Waals surface area contributed by atoms with Crippen LogP contribution in [0.25, 0.3) is 0 Å². The predicted molar refractivity (Wildman–Crippen MR) is 80.4 cm³/mol. The van der Waals surface area contributed by atoms with Crippen LogP contribution in [0.5, 0.6) is 11.5 Å². The summed E-state index contributed by atoms with van der Waals surface area (Å²) in [5.74, 6) is 1.19. The largest absolute Gasteiger partial charge is 0.489 e. The third-order valence-electron chi connectivity index (χ3n) is 3.55. The van der Waals surface area contributed by atoms with Gasteiger partial charge in [-0.25, -0.2) is 0 Å². The van der Waals surface area contributed by atoms with E-state index in [-0.39, 0.29) is 31.0 Å². The van der Waals surface area contributed by atoms with Crippen LogP contribution in [0.3, 0.4) is 0 Å². The zero-order chi connectivity index (χ0) is 14.1. The molecule has 0 bridgehead atoms. The highest BCUT2D eigenvalue weighted by atomic mass is 35.5. The van der Waals surface area contributed by atoms with Crippen molar-refractivity contribution in [1.82, 2.24) is 0 Å². The summed E-state index contributed by atoms with van der Waals surface area (Å²) in [7, 11) is 1.69. The number of carbonyl (C=O) groups is 1. The first kappa shape index (κ1) is 15.9. The van der Waals surface area contributed by atoms with Crippen LogP contribution in [0.2, 0.25) is 0 Å². The lowest BCUT2D eigenvalue weighted by molar-refractivity contribution is -0.119. The summed E-state index contributed by atoms with van der Waals surface area (Å²) in [6.07, 6.45) is 0.954. The maximum Gasteiger partial charge on any atom is 0.247 e. The molecule has 2 heterocycles. The second-order valence-corrected chi connectivity index (χ2v) is 5.05. The van der Waals surface area contributed by atoms with Crippen LogP contribution < -0.4 is 20.1 Å². The number of anilines is 1. The molecule has 6 nitrogen and oxygen atoms in total. The SMILES string of the molecule is CN1C(=O)[C@@H](N)COc2ccc(O[C@@H]3CCOC3)cc21.Cl. The van der Waals surface area contributed by atoms with Crippen molar-refractivity contribution >= 4 is 24.0 Å². The molecule has 2 aliphatic rings. The fourth-order valence-corrected chi connectivity index (χ4v) is 2.37. The highest BCUT2D eigenvalue weighted by Gasteiger charge is 2.27. The third kappa shape index (κ3) is 3.23. The Morgan fingerprint density at radius 2 is 2.19 bits per heavy atom. The monoisotopic (exact) mass is 314 g/mol. The highest BCUT2D eigenvalue weighted by Crippen LogP contribution is 2.34. The molecule has 0 aliphatic carbocycles. The average Bonchev–Trinajstić information content (AvgIpc) is 2.93. The van der Waals surface area contributed by atoms with E-state index in [0.717, 1.165) is 13.0 Å². The van der Waals surface area contributed by atoms with Gasteiger partial charge >= 0.3 is 0 Å². The van der Waals surface area contributed by atoms with Crippen molar-refractivity contribution in [3.8, 4) is 11.5 Å². The Bertz CT molecular complexity index is 520. The summed E-state index contributed by atoms with van der Waals surface area (Å²) in [6, 6.07) is 4.82. The second kappa shape index (κ2) is 6.51. The fourth-order valence-electron chi connectivity index (χ4n) is 2.37. The van der Waals surface area contributed by atoms with Gasteiger partial charge in [0.2, 0.25) is 5.91 Å². The molecule has 116 valence electrons. The van der Waals surface area contributed by atoms with Crippen molar-refractivity contribution in [3.05, 3.63) is 18.2 Å². The molecule has 1 aromatic rings. The van der Waals surface area contributed by atoms with Crippen LogP contribution >= 0.6 is 12.4 Å². The fraction of sp³-hybridized carbons (Fsp3) is 0.500.